The fourth-order valence-electron chi connectivity index (χ4n) is 3.77. The second-order valence-corrected chi connectivity index (χ2v) is 7.85. The van der Waals surface area contributed by atoms with Gasteiger partial charge in [-0.2, -0.15) is 0 Å². The Kier molecular flexibility index (Phi) is 6.67. The number of likely N-dealkylation sites (N-methyl/N-ethyl adjacent to an activating group) is 3. The van der Waals surface area contributed by atoms with E-state index < -0.39 is 0 Å². The summed E-state index contributed by atoms with van der Waals surface area (Å²) in [6.07, 6.45) is 1.02. The van der Waals surface area contributed by atoms with Crippen molar-refractivity contribution in [1.82, 2.24) is 14.7 Å². The maximum absolute atomic E-state index is 12.8. The average molecular weight is 395 g/mol. The highest BCUT2D eigenvalue weighted by Gasteiger charge is 2.26. The van der Waals surface area contributed by atoms with Crippen molar-refractivity contribution in [2.75, 3.05) is 40.8 Å². The molecule has 2 aromatic carbocycles. The number of carbonyl (C=O) groups is 2. The minimum absolute atomic E-state index is 0.0112. The lowest BCUT2D eigenvalue weighted by atomic mass is 10.0. The molecule has 1 atom stereocenters. The molecule has 2 aromatic rings. The van der Waals surface area contributed by atoms with Crippen LogP contribution in [0.5, 0.6) is 0 Å². The third-order valence-electron chi connectivity index (χ3n) is 5.65. The van der Waals surface area contributed by atoms with Gasteiger partial charge in [0.25, 0.3) is 5.91 Å². The molecule has 0 aliphatic carbocycles. The standard InChI is InChI=1S/C23H30N4O2/c1-25-12-11-21(16-25)27(3)23(29)19-9-7-18(8-10-19)20-6-4-5-17(13-20)15-26(2)22(28)14-24/h4-10,13,21H,11-12,14-16,24H2,1-3H3. The molecule has 1 fully saturated rings. The Morgan fingerprint density at radius 2 is 1.83 bits per heavy atom. The van der Waals surface area contributed by atoms with Crippen molar-refractivity contribution in [3.8, 4) is 11.1 Å². The molecule has 0 aromatic heterocycles. The Hall–Kier alpha value is -2.70. The first-order valence-corrected chi connectivity index (χ1v) is 9.98. The second kappa shape index (κ2) is 9.20. The zero-order chi connectivity index (χ0) is 21.0. The van der Waals surface area contributed by atoms with Gasteiger partial charge in [0.1, 0.15) is 0 Å². The molecule has 29 heavy (non-hydrogen) atoms. The van der Waals surface area contributed by atoms with Crippen molar-refractivity contribution in [3.63, 3.8) is 0 Å². The van der Waals surface area contributed by atoms with E-state index in [-0.39, 0.29) is 24.4 Å². The molecule has 6 heteroatoms. The van der Waals surface area contributed by atoms with E-state index in [0.717, 1.165) is 36.2 Å². The number of benzene rings is 2. The molecule has 1 aliphatic rings. The summed E-state index contributed by atoms with van der Waals surface area (Å²) in [5.41, 5.74) is 9.27. The van der Waals surface area contributed by atoms with Gasteiger partial charge >= 0.3 is 0 Å². The predicted octanol–water partition coefficient (Wildman–Crippen LogP) is 2.05. The van der Waals surface area contributed by atoms with Gasteiger partial charge in [-0.25, -0.2) is 0 Å². The maximum Gasteiger partial charge on any atom is 0.253 e. The van der Waals surface area contributed by atoms with Crippen LogP contribution >= 0.6 is 0 Å². The van der Waals surface area contributed by atoms with Crippen molar-refractivity contribution in [3.05, 3.63) is 59.7 Å². The van der Waals surface area contributed by atoms with Gasteiger partial charge in [0.15, 0.2) is 0 Å². The van der Waals surface area contributed by atoms with E-state index in [4.69, 9.17) is 5.73 Å². The highest BCUT2D eigenvalue weighted by molar-refractivity contribution is 5.94. The fourth-order valence-corrected chi connectivity index (χ4v) is 3.77. The molecule has 154 valence electrons. The highest BCUT2D eigenvalue weighted by atomic mass is 16.2. The Balaban J connectivity index is 1.70. The smallest absolute Gasteiger partial charge is 0.253 e. The van der Waals surface area contributed by atoms with Crippen LogP contribution in [0.3, 0.4) is 0 Å². The molecular formula is C23H30N4O2. The summed E-state index contributed by atoms with van der Waals surface area (Å²) in [6.45, 7) is 2.48. The van der Waals surface area contributed by atoms with Crippen LogP contribution in [0.2, 0.25) is 0 Å². The lowest BCUT2D eigenvalue weighted by molar-refractivity contribution is -0.128. The molecule has 3 rings (SSSR count). The molecule has 1 heterocycles. The number of hydrogen-bond acceptors (Lipinski definition) is 4. The van der Waals surface area contributed by atoms with Crippen molar-refractivity contribution in [2.45, 2.75) is 19.0 Å². The van der Waals surface area contributed by atoms with Gasteiger partial charge in [0, 0.05) is 38.8 Å². The molecule has 1 aliphatic heterocycles. The Labute approximate surface area is 172 Å². The summed E-state index contributed by atoms with van der Waals surface area (Å²) in [7, 11) is 5.73. The molecular weight excluding hydrogens is 364 g/mol. The van der Waals surface area contributed by atoms with Crippen LogP contribution in [-0.4, -0.2) is 73.3 Å². The highest BCUT2D eigenvalue weighted by Crippen LogP contribution is 2.23. The van der Waals surface area contributed by atoms with E-state index in [0.29, 0.717) is 12.1 Å². The summed E-state index contributed by atoms with van der Waals surface area (Å²) in [5, 5.41) is 0. The van der Waals surface area contributed by atoms with Gasteiger partial charge in [-0.1, -0.05) is 30.3 Å². The van der Waals surface area contributed by atoms with Crippen LogP contribution in [0.1, 0.15) is 22.3 Å². The van der Waals surface area contributed by atoms with E-state index in [1.165, 1.54) is 0 Å². The second-order valence-electron chi connectivity index (χ2n) is 7.85. The Morgan fingerprint density at radius 1 is 1.10 bits per heavy atom. The zero-order valence-corrected chi connectivity index (χ0v) is 17.5. The van der Waals surface area contributed by atoms with E-state index in [1.807, 2.05) is 54.4 Å². The predicted molar refractivity (Wildman–Crippen MR) is 115 cm³/mol. The first kappa shape index (κ1) is 21.0. The number of rotatable bonds is 6. The van der Waals surface area contributed by atoms with Crippen molar-refractivity contribution < 1.29 is 9.59 Å². The molecule has 0 bridgehead atoms. The largest absolute Gasteiger partial charge is 0.340 e. The van der Waals surface area contributed by atoms with E-state index >= 15 is 0 Å². The minimum Gasteiger partial charge on any atom is -0.340 e. The molecule has 1 saturated heterocycles. The third kappa shape index (κ3) is 5.02. The topological polar surface area (TPSA) is 69.9 Å². The molecule has 0 spiro atoms. The zero-order valence-electron chi connectivity index (χ0n) is 17.5. The van der Waals surface area contributed by atoms with Crippen LogP contribution in [0.15, 0.2) is 48.5 Å². The van der Waals surface area contributed by atoms with E-state index in [2.05, 4.69) is 18.0 Å². The maximum atomic E-state index is 12.8. The van der Waals surface area contributed by atoms with Crippen LogP contribution in [0.4, 0.5) is 0 Å². The lowest BCUT2D eigenvalue weighted by Gasteiger charge is -2.24. The van der Waals surface area contributed by atoms with Crippen molar-refractivity contribution >= 4 is 11.8 Å². The average Bonchev–Trinajstić information content (AvgIpc) is 3.18. The molecule has 6 nitrogen and oxygen atoms in total. The summed E-state index contributed by atoms with van der Waals surface area (Å²) in [6, 6.07) is 16.1. The lowest BCUT2D eigenvalue weighted by Crippen LogP contribution is -2.38. The third-order valence-corrected chi connectivity index (χ3v) is 5.65. The van der Waals surface area contributed by atoms with Crippen molar-refractivity contribution in [1.29, 1.82) is 0 Å². The normalized spacial score (nSPS) is 16.6. The van der Waals surface area contributed by atoms with Gasteiger partial charge < -0.3 is 20.4 Å². The Bertz CT molecular complexity index is 865. The number of nitrogens with two attached hydrogens (primary N) is 1. The molecule has 2 N–H and O–H groups in total. The molecule has 0 radical (unpaired) electrons. The van der Waals surface area contributed by atoms with Gasteiger partial charge in [-0.05, 0) is 54.9 Å². The number of likely N-dealkylation sites (tertiary alicyclic amines) is 1. The quantitative estimate of drug-likeness (QED) is 0.814. The van der Waals surface area contributed by atoms with Crippen LogP contribution in [0.25, 0.3) is 11.1 Å². The molecule has 1 unspecified atom stereocenters. The van der Waals surface area contributed by atoms with Crippen molar-refractivity contribution in [2.24, 2.45) is 5.73 Å². The van der Waals surface area contributed by atoms with Gasteiger partial charge in [-0.15, -0.1) is 0 Å². The summed E-state index contributed by atoms with van der Waals surface area (Å²) < 4.78 is 0. The number of hydrogen-bond donors (Lipinski definition) is 1. The summed E-state index contributed by atoms with van der Waals surface area (Å²) in [4.78, 5) is 30.3. The summed E-state index contributed by atoms with van der Waals surface area (Å²) >= 11 is 0. The van der Waals surface area contributed by atoms with Gasteiger partial charge in [0.2, 0.25) is 5.91 Å². The number of nitrogens with zero attached hydrogens (tertiary/aromatic N) is 3. The molecule has 0 saturated carbocycles. The SMILES string of the molecule is CN1CCC(N(C)C(=O)c2ccc(-c3cccc(CN(C)C(=O)CN)c3)cc2)C1. The first-order chi connectivity index (χ1) is 13.9. The monoisotopic (exact) mass is 394 g/mol. The van der Waals surface area contributed by atoms with Gasteiger partial charge in [-0.3, -0.25) is 9.59 Å². The number of carbonyl (C=O) groups excluding carboxylic acids is 2. The van der Waals surface area contributed by atoms with Crippen LogP contribution in [0, 0.1) is 0 Å². The van der Waals surface area contributed by atoms with Crippen LogP contribution < -0.4 is 5.73 Å². The summed E-state index contributed by atoms with van der Waals surface area (Å²) in [5.74, 6) is -0.0247. The minimum atomic E-state index is -0.0872. The van der Waals surface area contributed by atoms with E-state index in [1.54, 1.807) is 11.9 Å². The van der Waals surface area contributed by atoms with E-state index in [9.17, 15) is 9.59 Å². The van der Waals surface area contributed by atoms with Crippen LogP contribution in [-0.2, 0) is 11.3 Å². The fraction of sp³-hybridized carbons (Fsp3) is 0.391. The van der Waals surface area contributed by atoms with Gasteiger partial charge in [0.05, 0.1) is 6.54 Å². The Morgan fingerprint density at radius 3 is 2.45 bits per heavy atom. The number of amides is 2. The molecule has 2 amide bonds. The first-order valence-electron chi connectivity index (χ1n) is 9.98.